The smallest absolute Gasteiger partial charge is 0.264 e. The van der Waals surface area contributed by atoms with E-state index >= 15 is 0 Å². The van der Waals surface area contributed by atoms with Crippen LogP contribution in [-0.2, 0) is 25.5 Å². The average Bonchev–Trinajstić information content (AvgIpc) is 2.68. The number of anilines is 1. The highest BCUT2D eigenvalue weighted by Gasteiger charge is 2.08. The third-order valence-corrected chi connectivity index (χ3v) is 3.31. The lowest BCUT2D eigenvalue weighted by Crippen LogP contribution is -2.44. The van der Waals surface area contributed by atoms with Gasteiger partial charge in [0.25, 0.3) is 5.91 Å². The van der Waals surface area contributed by atoms with E-state index in [-0.39, 0.29) is 25.5 Å². The van der Waals surface area contributed by atoms with Gasteiger partial charge in [0.05, 0.1) is 18.1 Å². The second-order valence-corrected chi connectivity index (χ2v) is 5.49. The van der Waals surface area contributed by atoms with Crippen LogP contribution in [0.2, 0.25) is 0 Å². The molecule has 0 heterocycles. The molecule has 0 spiro atoms. The van der Waals surface area contributed by atoms with Gasteiger partial charge in [0, 0.05) is 5.69 Å². The summed E-state index contributed by atoms with van der Waals surface area (Å²) in [5.74, 6) is -1.39. The van der Waals surface area contributed by atoms with Crippen LogP contribution in [0.15, 0.2) is 54.6 Å². The van der Waals surface area contributed by atoms with Crippen molar-refractivity contribution in [3.05, 3.63) is 65.7 Å². The molecule has 8 heteroatoms. The van der Waals surface area contributed by atoms with E-state index in [2.05, 4.69) is 16.2 Å². The topological polar surface area (TPSA) is 120 Å². The van der Waals surface area contributed by atoms with Crippen LogP contribution in [0.1, 0.15) is 11.1 Å². The lowest BCUT2D eigenvalue weighted by molar-refractivity contribution is -0.133. The molecule has 0 aliphatic rings. The molecule has 0 saturated carbocycles. The zero-order chi connectivity index (χ0) is 19.5. The summed E-state index contributed by atoms with van der Waals surface area (Å²) in [6.45, 7) is -0.711. The van der Waals surface area contributed by atoms with Crippen molar-refractivity contribution in [1.29, 1.82) is 5.26 Å². The van der Waals surface area contributed by atoms with Crippen LogP contribution >= 0.6 is 0 Å². The van der Waals surface area contributed by atoms with Crippen molar-refractivity contribution in [1.82, 2.24) is 10.9 Å². The fraction of sp³-hybridized carbons (Fsp3) is 0.158. The van der Waals surface area contributed by atoms with E-state index in [1.807, 2.05) is 24.3 Å². The molecule has 0 aliphatic carbocycles. The average molecular weight is 366 g/mol. The van der Waals surface area contributed by atoms with E-state index in [1.54, 1.807) is 36.4 Å². The second-order valence-electron chi connectivity index (χ2n) is 5.49. The number of amides is 3. The monoisotopic (exact) mass is 366 g/mol. The first-order valence-corrected chi connectivity index (χ1v) is 8.06. The van der Waals surface area contributed by atoms with Crippen LogP contribution in [0.3, 0.4) is 0 Å². The van der Waals surface area contributed by atoms with Gasteiger partial charge >= 0.3 is 0 Å². The summed E-state index contributed by atoms with van der Waals surface area (Å²) in [6.07, 6.45) is 0.134. The van der Waals surface area contributed by atoms with Crippen LogP contribution in [0.25, 0.3) is 0 Å². The van der Waals surface area contributed by atoms with Crippen molar-refractivity contribution in [3.63, 3.8) is 0 Å². The fourth-order valence-corrected chi connectivity index (χ4v) is 2.06. The maximum atomic E-state index is 11.7. The SMILES string of the molecule is N#Cc1ccc(NC(=O)COCC(=O)NNC(=O)Cc2ccccc2)cc1. The first-order chi connectivity index (χ1) is 13.1. The summed E-state index contributed by atoms with van der Waals surface area (Å²) < 4.78 is 5.00. The lowest BCUT2D eigenvalue weighted by Gasteiger charge is -2.08. The molecule has 0 bridgehead atoms. The van der Waals surface area contributed by atoms with Crippen molar-refractivity contribution >= 4 is 23.4 Å². The standard InChI is InChI=1S/C19H18N4O4/c20-11-15-6-8-16(9-7-15)21-18(25)12-27-13-19(26)23-22-17(24)10-14-4-2-1-3-5-14/h1-9H,10,12-13H2,(H,21,25)(H,22,24)(H,23,26). The second kappa shape index (κ2) is 10.3. The minimum atomic E-state index is -0.581. The molecule has 0 aliphatic heterocycles. The molecule has 0 unspecified atom stereocenters. The number of hydrogen-bond acceptors (Lipinski definition) is 5. The van der Waals surface area contributed by atoms with Crippen molar-refractivity contribution in [2.45, 2.75) is 6.42 Å². The van der Waals surface area contributed by atoms with Crippen LogP contribution < -0.4 is 16.2 Å². The normalized spacial score (nSPS) is 9.74. The van der Waals surface area contributed by atoms with Crippen molar-refractivity contribution in [2.75, 3.05) is 18.5 Å². The molecular weight excluding hydrogens is 348 g/mol. The Morgan fingerprint density at radius 1 is 0.852 bits per heavy atom. The Bertz CT molecular complexity index is 829. The maximum Gasteiger partial charge on any atom is 0.264 e. The molecule has 0 fully saturated rings. The van der Waals surface area contributed by atoms with Gasteiger partial charge < -0.3 is 10.1 Å². The summed E-state index contributed by atoms with van der Waals surface area (Å²) in [4.78, 5) is 35.0. The number of nitriles is 1. The molecule has 27 heavy (non-hydrogen) atoms. The summed E-state index contributed by atoms with van der Waals surface area (Å²) in [5, 5.41) is 11.3. The molecule has 8 nitrogen and oxygen atoms in total. The molecule has 2 aromatic rings. The van der Waals surface area contributed by atoms with E-state index in [1.165, 1.54) is 0 Å². The van der Waals surface area contributed by atoms with Crippen LogP contribution in [0.4, 0.5) is 5.69 Å². The first-order valence-electron chi connectivity index (χ1n) is 8.06. The third kappa shape index (κ3) is 7.37. The number of carbonyl (C=O) groups is 3. The summed E-state index contributed by atoms with van der Waals surface area (Å²) in [7, 11) is 0. The molecular formula is C19H18N4O4. The zero-order valence-electron chi connectivity index (χ0n) is 14.4. The Labute approximate surface area is 156 Å². The number of hydrazine groups is 1. The highest BCUT2D eigenvalue weighted by molar-refractivity contribution is 5.92. The van der Waals surface area contributed by atoms with Gasteiger partial charge in [-0.25, -0.2) is 0 Å². The van der Waals surface area contributed by atoms with Gasteiger partial charge in [-0.05, 0) is 29.8 Å². The summed E-state index contributed by atoms with van der Waals surface area (Å²) >= 11 is 0. The number of rotatable bonds is 7. The number of hydrogen-bond donors (Lipinski definition) is 3. The van der Waals surface area contributed by atoms with Crippen molar-refractivity contribution in [2.24, 2.45) is 0 Å². The van der Waals surface area contributed by atoms with Crippen molar-refractivity contribution in [3.8, 4) is 6.07 Å². The zero-order valence-corrected chi connectivity index (χ0v) is 14.4. The number of nitrogens with one attached hydrogen (secondary N) is 3. The number of carbonyl (C=O) groups excluding carboxylic acids is 3. The third-order valence-electron chi connectivity index (χ3n) is 3.31. The van der Waals surface area contributed by atoms with Gasteiger partial charge in [-0.3, -0.25) is 25.2 Å². The van der Waals surface area contributed by atoms with Gasteiger partial charge in [0.2, 0.25) is 11.8 Å². The Kier molecular flexibility index (Phi) is 7.51. The van der Waals surface area contributed by atoms with E-state index in [0.717, 1.165) is 5.56 Å². The van der Waals surface area contributed by atoms with E-state index < -0.39 is 11.8 Å². The molecule has 3 N–H and O–H groups in total. The largest absolute Gasteiger partial charge is 0.362 e. The van der Waals surface area contributed by atoms with E-state index in [0.29, 0.717) is 11.3 Å². The quantitative estimate of drug-likeness (QED) is 0.629. The van der Waals surface area contributed by atoms with Crippen LogP contribution in [0, 0.1) is 11.3 Å². The predicted molar refractivity (Wildman–Crippen MR) is 97.0 cm³/mol. The Hall–Kier alpha value is -3.70. The van der Waals surface area contributed by atoms with Gasteiger partial charge in [0.15, 0.2) is 0 Å². The Morgan fingerprint density at radius 3 is 2.15 bits per heavy atom. The molecule has 0 atom stereocenters. The molecule has 0 saturated heterocycles. The van der Waals surface area contributed by atoms with E-state index in [4.69, 9.17) is 10.00 Å². The van der Waals surface area contributed by atoms with E-state index in [9.17, 15) is 14.4 Å². The molecule has 3 amide bonds. The fourth-order valence-electron chi connectivity index (χ4n) is 2.06. The molecule has 2 aromatic carbocycles. The Morgan fingerprint density at radius 2 is 1.48 bits per heavy atom. The predicted octanol–water partition coefficient (Wildman–Crippen LogP) is 0.903. The number of benzene rings is 2. The first kappa shape index (κ1) is 19.6. The van der Waals surface area contributed by atoms with Crippen LogP contribution in [-0.4, -0.2) is 30.9 Å². The van der Waals surface area contributed by atoms with Gasteiger partial charge in [-0.15, -0.1) is 0 Å². The molecule has 0 radical (unpaired) electrons. The van der Waals surface area contributed by atoms with Crippen molar-refractivity contribution < 1.29 is 19.1 Å². The molecule has 0 aromatic heterocycles. The maximum absolute atomic E-state index is 11.7. The minimum absolute atomic E-state index is 0.134. The number of nitrogens with zero attached hydrogens (tertiary/aromatic N) is 1. The highest BCUT2D eigenvalue weighted by atomic mass is 16.5. The van der Waals surface area contributed by atoms with Gasteiger partial charge in [-0.1, -0.05) is 30.3 Å². The molecule has 2 rings (SSSR count). The summed E-state index contributed by atoms with van der Waals surface area (Å²) in [5.41, 5.74) is 6.30. The van der Waals surface area contributed by atoms with Crippen LogP contribution in [0.5, 0.6) is 0 Å². The number of ether oxygens (including phenoxy) is 1. The van der Waals surface area contributed by atoms with Gasteiger partial charge in [-0.2, -0.15) is 5.26 Å². The highest BCUT2D eigenvalue weighted by Crippen LogP contribution is 2.08. The molecule has 138 valence electrons. The van der Waals surface area contributed by atoms with Gasteiger partial charge in [0.1, 0.15) is 13.2 Å². The minimum Gasteiger partial charge on any atom is -0.362 e. The Balaban J connectivity index is 1.61. The lowest BCUT2D eigenvalue weighted by atomic mass is 10.1. The summed E-state index contributed by atoms with van der Waals surface area (Å²) in [6, 6.07) is 17.4.